The molecule has 3 saturated heterocycles. The number of aromatic nitrogens is 1. The van der Waals surface area contributed by atoms with Gasteiger partial charge >= 0.3 is 11.9 Å². The second-order valence-corrected chi connectivity index (χ2v) is 15.5. The van der Waals surface area contributed by atoms with E-state index in [9.17, 15) is 29.1 Å². The van der Waals surface area contributed by atoms with Crippen LogP contribution in [0.3, 0.4) is 0 Å². The van der Waals surface area contributed by atoms with Gasteiger partial charge in [-0.05, 0) is 51.6 Å². The minimum absolute atomic E-state index is 0.00910. The van der Waals surface area contributed by atoms with E-state index in [0.717, 1.165) is 19.2 Å². The highest BCUT2D eigenvalue weighted by atomic mass is 32.2. The molecule has 4 aliphatic rings. The highest BCUT2D eigenvalue weighted by Crippen LogP contribution is 2.51. The number of nitrogens with zero attached hydrogens (tertiary/aromatic N) is 4. The first-order valence-corrected chi connectivity index (χ1v) is 17.1. The van der Waals surface area contributed by atoms with Crippen LogP contribution in [0.1, 0.15) is 48.8 Å². The zero-order valence-electron chi connectivity index (χ0n) is 27.8. The van der Waals surface area contributed by atoms with Gasteiger partial charge in [0.2, 0.25) is 17.2 Å². The number of nitrogens with one attached hydrogen (secondary N) is 1. The van der Waals surface area contributed by atoms with Gasteiger partial charge in [-0.15, -0.1) is 11.8 Å². The number of amides is 2. The number of β-lactam (4-membered cyclic amide) rings is 1. The van der Waals surface area contributed by atoms with Crippen LogP contribution in [-0.4, -0.2) is 105 Å². The van der Waals surface area contributed by atoms with Crippen LogP contribution in [0.15, 0.2) is 41.3 Å². The molecular formula is C34H37FN6O8S. The van der Waals surface area contributed by atoms with Crippen molar-refractivity contribution < 1.29 is 38.1 Å². The zero-order valence-corrected chi connectivity index (χ0v) is 28.7. The molecule has 2 aromatic carbocycles. The monoisotopic (exact) mass is 708 g/mol. The van der Waals surface area contributed by atoms with Crippen molar-refractivity contribution in [3.05, 3.63) is 63.7 Å². The van der Waals surface area contributed by atoms with E-state index in [0.29, 0.717) is 29.9 Å². The molecular weight excluding hydrogens is 671 g/mol. The van der Waals surface area contributed by atoms with Crippen molar-refractivity contribution in [3.63, 3.8) is 0 Å². The molecule has 0 spiro atoms. The number of nitrogens with two attached hydrogens (primary N) is 1. The van der Waals surface area contributed by atoms with Gasteiger partial charge in [-0.1, -0.05) is 12.1 Å². The first-order chi connectivity index (χ1) is 23.7. The van der Waals surface area contributed by atoms with Crippen LogP contribution >= 0.6 is 11.8 Å². The summed E-state index contributed by atoms with van der Waals surface area (Å²) in [7, 11) is 2.00. The van der Waals surface area contributed by atoms with Crippen LogP contribution in [0, 0.1) is 5.82 Å². The fourth-order valence-corrected chi connectivity index (χ4v) is 8.75. The topological polar surface area (TPSA) is 177 Å². The first-order valence-electron chi connectivity index (χ1n) is 16.3. The number of benzene rings is 2. The van der Waals surface area contributed by atoms with Crippen LogP contribution in [0.5, 0.6) is 11.5 Å². The fourth-order valence-electron chi connectivity index (χ4n) is 7.13. The average Bonchev–Trinajstić information content (AvgIpc) is 3.34. The molecule has 0 aliphatic carbocycles. The highest BCUT2D eigenvalue weighted by Gasteiger charge is 2.64. The minimum Gasteiger partial charge on any atom is -0.487 e. The van der Waals surface area contributed by atoms with E-state index in [2.05, 4.69) is 10.2 Å². The Labute approximate surface area is 290 Å². The third-order valence-electron chi connectivity index (χ3n) is 9.89. The van der Waals surface area contributed by atoms with Crippen LogP contribution in [0.25, 0.3) is 10.9 Å². The van der Waals surface area contributed by atoms with Crippen molar-refractivity contribution in [1.29, 1.82) is 0 Å². The van der Waals surface area contributed by atoms with Gasteiger partial charge in [0.25, 0.3) is 0 Å². The Kier molecular flexibility index (Phi) is 8.30. The molecule has 4 N–H and O–H groups in total. The zero-order chi connectivity index (χ0) is 35.8. The molecule has 7 rings (SSSR count). The van der Waals surface area contributed by atoms with Gasteiger partial charge in [-0.3, -0.25) is 14.4 Å². The predicted octanol–water partition coefficient (Wildman–Crippen LogP) is 1.70. The van der Waals surface area contributed by atoms with Crippen molar-refractivity contribution in [2.24, 2.45) is 5.73 Å². The maximum Gasteiger partial charge on any atom is 0.349 e. The summed E-state index contributed by atoms with van der Waals surface area (Å²) in [6.45, 7) is 8.26. The Morgan fingerprint density at radius 2 is 1.82 bits per heavy atom. The van der Waals surface area contributed by atoms with Gasteiger partial charge in [0.15, 0.2) is 11.6 Å². The Balaban J connectivity index is 1.07. The first kappa shape index (κ1) is 33.8. The largest absolute Gasteiger partial charge is 0.487 e. The molecule has 5 heterocycles. The van der Waals surface area contributed by atoms with E-state index in [1.165, 1.54) is 47.1 Å². The molecule has 0 saturated carbocycles. The van der Waals surface area contributed by atoms with Crippen LogP contribution in [0.4, 0.5) is 10.1 Å². The molecule has 1 unspecified atom stereocenters. The molecule has 3 aromatic rings. The predicted molar refractivity (Wildman–Crippen MR) is 182 cm³/mol. The number of esters is 1. The van der Waals surface area contributed by atoms with E-state index in [4.69, 9.17) is 15.2 Å². The summed E-state index contributed by atoms with van der Waals surface area (Å²) in [6.07, 6.45) is 1.43. The molecule has 264 valence electrons. The molecule has 50 heavy (non-hydrogen) atoms. The summed E-state index contributed by atoms with van der Waals surface area (Å²) in [5.41, 5.74) is 6.31. The van der Waals surface area contributed by atoms with Crippen molar-refractivity contribution in [3.8, 4) is 11.5 Å². The second kappa shape index (κ2) is 12.3. The number of rotatable bonds is 7. The number of halogens is 1. The molecule has 4 aliphatic heterocycles. The number of anilines is 1. The second-order valence-electron chi connectivity index (χ2n) is 13.7. The molecule has 5 atom stereocenters. The van der Waals surface area contributed by atoms with Crippen LogP contribution in [0.2, 0.25) is 0 Å². The van der Waals surface area contributed by atoms with Gasteiger partial charge < -0.3 is 44.9 Å². The summed E-state index contributed by atoms with van der Waals surface area (Å²) in [5, 5.41) is 11.7. The number of fused-ring (bicyclic) bond motifs is 1. The SMILES string of the molecule is C[C@H]1COc2c(N3CCN(C)CC3)c(F)cc3c(=O)c(C(=O)Oc4ccc(C(N)C(=O)N[C@@H]5C(=O)N6[C@@H]5SC(C)(C)[C@@H]6C(=O)O)cc4)cn1c23. The number of carboxylic acid groups (broad SMARTS) is 1. The number of carboxylic acids is 1. The Bertz CT molecular complexity index is 2000. The van der Waals surface area contributed by atoms with Crippen LogP contribution < -0.4 is 30.9 Å². The smallest absolute Gasteiger partial charge is 0.349 e. The summed E-state index contributed by atoms with van der Waals surface area (Å²) in [4.78, 5) is 69.9. The number of aliphatic carboxylic acids is 1. The standard InChI is InChI=1S/C34H37FN6O8S/c1-16-15-48-27-24-19(13-21(35)25(27)39-11-9-38(4)10-12-39)26(42)20(14-40(16)24)33(47)49-18-7-5-17(6-8-18)22(36)29(43)37-23-30(44)41-28(32(45)46)34(2,3)50-31(23)41/h5-8,13-14,16,22-23,28,31H,9-12,15,36H2,1-4H3,(H,37,43)(H,45,46)/t16-,22?,23+,28-,31+/m0/s1. The van der Waals surface area contributed by atoms with E-state index < -0.39 is 63.2 Å². The lowest BCUT2D eigenvalue weighted by Crippen LogP contribution is -2.71. The Morgan fingerprint density at radius 3 is 2.48 bits per heavy atom. The normalized spacial score (nSPS) is 24.6. The Hall–Kier alpha value is -4.67. The summed E-state index contributed by atoms with van der Waals surface area (Å²) < 4.78 is 28.3. The van der Waals surface area contributed by atoms with Crippen LogP contribution in [-0.2, 0) is 14.4 Å². The third-order valence-corrected chi connectivity index (χ3v) is 11.5. The van der Waals surface area contributed by atoms with Gasteiger partial charge in [-0.25, -0.2) is 14.0 Å². The number of hydrogen-bond acceptors (Lipinski definition) is 11. The number of carbonyl (C=O) groups excluding carboxylic acids is 3. The maximum absolute atomic E-state index is 15.7. The third kappa shape index (κ3) is 5.45. The van der Waals surface area contributed by atoms with E-state index in [-0.39, 0.29) is 35.1 Å². The van der Waals surface area contributed by atoms with E-state index >= 15 is 4.39 Å². The molecule has 0 bridgehead atoms. The molecule has 16 heteroatoms. The molecule has 0 radical (unpaired) electrons. The molecule has 14 nitrogen and oxygen atoms in total. The number of hydrogen-bond donors (Lipinski definition) is 3. The fraction of sp³-hybridized carbons (Fsp3) is 0.441. The maximum atomic E-state index is 15.7. The number of likely N-dealkylation sites (N-methyl/N-ethyl adjacent to an activating group) is 1. The number of pyridine rings is 1. The van der Waals surface area contributed by atoms with E-state index in [1.807, 2.05) is 18.9 Å². The van der Waals surface area contributed by atoms with Gasteiger partial charge in [0.05, 0.1) is 16.9 Å². The van der Waals surface area contributed by atoms with Gasteiger partial charge in [0.1, 0.15) is 47.1 Å². The Morgan fingerprint density at radius 1 is 1.14 bits per heavy atom. The van der Waals surface area contributed by atoms with Gasteiger partial charge in [-0.2, -0.15) is 0 Å². The number of carbonyl (C=O) groups is 4. The van der Waals surface area contributed by atoms with E-state index in [1.54, 1.807) is 18.4 Å². The minimum atomic E-state index is -1.18. The van der Waals surface area contributed by atoms with Crippen molar-refractivity contribution in [2.75, 3.05) is 44.7 Å². The summed E-state index contributed by atoms with van der Waals surface area (Å²) >= 11 is 1.30. The number of thioether (sulfide) groups is 1. The van der Waals surface area contributed by atoms with Gasteiger partial charge in [0, 0.05) is 37.1 Å². The van der Waals surface area contributed by atoms with Crippen molar-refractivity contribution in [2.45, 2.75) is 55.1 Å². The van der Waals surface area contributed by atoms with Crippen molar-refractivity contribution >= 4 is 52.1 Å². The number of piperazine rings is 1. The summed E-state index contributed by atoms with van der Waals surface area (Å²) in [5.74, 6) is -3.42. The number of ether oxygens (including phenoxy) is 2. The molecule has 2 amide bonds. The lowest BCUT2D eigenvalue weighted by Gasteiger charge is -2.43. The highest BCUT2D eigenvalue weighted by molar-refractivity contribution is 8.01. The lowest BCUT2D eigenvalue weighted by atomic mass is 9.95. The lowest BCUT2D eigenvalue weighted by molar-refractivity contribution is -0.161. The van der Waals surface area contributed by atoms with Crippen molar-refractivity contribution in [1.82, 2.24) is 19.7 Å². The summed E-state index contributed by atoms with van der Waals surface area (Å²) in [6, 6.07) is 3.60. The molecule has 1 aromatic heterocycles. The molecule has 3 fully saturated rings. The average molecular weight is 709 g/mol. The quantitative estimate of drug-likeness (QED) is 0.184.